The van der Waals surface area contributed by atoms with E-state index < -0.39 is 18.1 Å². The normalized spacial score (nSPS) is 11.7. The third-order valence-electron chi connectivity index (χ3n) is 2.77. The number of carboxylic acids is 1. The van der Waals surface area contributed by atoms with Crippen LogP contribution < -0.4 is 5.32 Å². The van der Waals surface area contributed by atoms with Gasteiger partial charge in [-0.1, -0.05) is 30.3 Å². The minimum atomic E-state index is -1.15. The van der Waals surface area contributed by atoms with Gasteiger partial charge in [-0.05, 0) is 12.5 Å². The lowest BCUT2D eigenvalue weighted by atomic mass is 10.2. The van der Waals surface area contributed by atoms with Crippen molar-refractivity contribution < 1.29 is 19.4 Å². The number of hydrogen-bond acceptors (Lipinski definition) is 5. The minimum absolute atomic E-state index is 0.0840. The molecule has 1 heterocycles. The summed E-state index contributed by atoms with van der Waals surface area (Å²) in [5, 5.41) is 11.6. The first-order valence-electron chi connectivity index (χ1n) is 6.18. The van der Waals surface area contributed by atoms with Gasteiger partial charge in [0.2, 0.25) is 0 Å². The predicted octanol–water partition coefficient (Wildman–Crippen LogP) is 2.50. The molecule has 2 aromatic rings. The van der Waals surface area contributed by atoms with Crippen LogP contribution in [0.1, 0.15) is 22.2 Å². The molecule has 0 saturated heterocycles. The number of nitrogens with zero attached hydrogens (tertiary/aromatic N) is 1. The zero-order valence-corrected chi connectivity index (χ0v) is 12.1. The van der Waals surface area contributed by atoms with Gasteiger partial charge < -0.3 is 15.2 Å². The molecule has 0 aliphatic heterocycles. The van der Waals surface area contributed by atoms with Crippen LogP contribution in [0.2, 0.25) is 0 Å². The van der Waals surface area contributed by atoms with E-state index in [1.165, 1.54) is 16.8 Å². The number of alkyl carbamates (subject to hydrolysis) is 1. The molecule has 0 fully saturated rings. The van der Waals surface area contributed by atoms with E-state index in [1.807, 2.05) is 30.3 Å². The number of aryl methyl sites for hydroxylation is 1. The summed E-state index contributed by atoms with van der Waals surface area (Å²) in [5.74, 6) is -1.15. The van der Waals surface area contributed by atoms with E-state index in [0.717, 1.165) is 5.56 Å². The van der Waals surface area contributed by atoms with Crippen LogP contribution in [-0.4, -0.2) is 22.2 Å². The smallest absolute Gasteiger partial charge is 0.408 e. The molecule has 0 spiro atoms. The molecule has 0 radical (unpaired) electrons. The van der Waals surface area contributed by atoms with Gasteiger partial charge in [-0.2, -0.15) is 0 Å². The molecular weight excluding hydrogens is 292 g/mol. The fourth-order valence-corrected chi connectivity index (χ4v) is 2.55. The van der Waals surface area contributed by atoms with Gasteiger partial charge in [-0.3, -0.25) is 0 Å². The Hall–Kier alpha value is -2.41. The van der Waals surface area contributed by atoms with E-state index in [2.05, 4.69) is 10.3 Å². The summed E-state index contributed by atoms with van der Waals surface area (Å²) in [6.07, 6.45) is -0.779. The van der Waals surface area contributed by atoms with Gasteiger partial charge >= 0.3 is 12.1 Å². The van der Waals surface area contributed by atoms with Crippen molar-refractivity contribution in [1.82, 2.24) is 10.3 Å². The van der Waals surface area contributed by atoms with Gasteiger partial charge in [0, 0.05) is 0 Å². The molecule has 1 amide bonds. The number of carboxylic acid groups (broad SMARTS) is 1. The highest BCUT2D eigenvalue weighted by Gasteiger charge is 2.26. The number of amides is 1. The van der Waals surface area contributed by atoms with Crippen LogP contribution in [0.5, 0.6) is 0 Å². The lowest BCUT2D eigenvalue weighted by Gasteiger charge is -2.13. The molecule has 1 atom stereocenters. The van der Waals surface area contributed by atoms with Gasteiger partial charge in [-0.15, -0.1) is 11.3 Å². The maximum Gasteiger partial charge on any atom is 0.408 e. The summed E-state index contributed by atoms with van der Waals surface area (Å²) < 4.78 is 5.02. The second kappa shape index (κ2) is 6.85. The highest BCUT2D eigenvalue weighted by atomic mass is 32.1. The Morgan fingerprint density at radius 1 is 1.38 bits per heavy atom. The molecule has 1 unspecified atom stereocenters. The van der Waals surface area contributed by atoms with Crippen molar-refractivity contribution in [2.24, 2.45) is 0 Å². The fraction of sp³-hybridized carbons (Fsp3) is 0.214. The predicted molar refractivity (Wildman–Crippen MR) is 77.0 cm³/mol. The number of rotatable bonds is 5. The summed E-state index contributed by atoms with van der Waals surface area (Å²) >= 11 is 1.18. The van der Waals surface area contributed by atoms with Crippen molar-refractivity contribution in [2.45, 2.75) is 19.6 Å². The van der Waals surface area contributed by atoms with Gasteiger partial charge in [0.15, 0.2) is 6.04 Å². The molecule has 0 saturated carbocycles. The van der Waals surface area contributed by atoms with Crippen LogP contribution in [0.3, 0.4) is 0 Å². The van der Waals surface area contributed by atoms with Gasteiger partial charge in [0.05, 0.1) is 16.1 Å². The van der Waals surface area contributed by atoms with Crippen molar-refractivity contribution in [3.8, 4) is 0 Å². The monoisotopic (exact) mass is 306 g/mol. The van der Waals surface area contributed by atoms with E-state index in [1.54, 1.807) is 6.92 Å². The first-order chi connectivity index (χ1) is 10.1. The van der Waals surface area contributed by atoms with E-state index in [9.17, 15) is 14.7 Å². The molecule has 2 N–H and O–H groups in total. The van der Waals surface area contributed by atoms with E-state index >= 15 is 0 Å². The number of aromatic nitrogens is 1. The van der Waals surface area contributed by atoms with E-state index in [-0.39, 0.29) is 6.61 Å². The Labute approximate surface area is 125 Å². The van der Waals surface area contributed by atoms with Gasteiger partial charge in [-0.25, -0.2) is 14.6 Å². The van der Waals surface area contributed by atoms with Gasteiger partial charge in [0.1, 0.15) is 6.61 Å². The van der Waals surface area contributed by atoms with E-state index in [0.29, 0.717) is 10.6 Å². The molecule has 0 aliphatic carbocycles. The Morgan fingerprint density at radius 2 is 2.10 bits per heavy atom. The maximum atomic E-state index is 11.7. The molecule has 6 nitrogen and oxygen atoms in total. The standard InChI is InChI=1S/C14H14N2O4S/c1-9-12(21-8-15-9)11(13(17)18)16-14(19)20-7-10-5-3-2-4-6-10/h2-6,8,11H,7H2,1H3,(H,16,19)(H,17,18). The molecule has 110 valence electrons. The number of nitrogens with one attached hydrogen (secondary N) is 1. The minimum Gasteiger partial charge on any atom is -0.479 e. The summed E-state index contributed by atoms with van der Waals surface area (Å²) in [5.41, 5.74) is 2.95. The zero-order valence-electron chi connectivity index (χ0n) is 11.3. The summed E-state index contributed by atoms with van der Waals surface area (Å²) in [7, 11) is 0. The third-order valence-corrected chi connectivity index (χ3v) is 3.76. The molecule has 21 heavy (non-hydrogen) atoms. The lowest BCUT2D eigenvalue weighted by molar-refractivity contribution is -0.139. The second-order valence-electron chi connectivity index (χ2n) is 4.28. The molecule has 0 bridgehead atoms. The fourth-order valence-electron chi connectivity index (χ4n) is 1.71. The Bertz CT molecular complexity index is 627. The average Bonchev–Trinajstić information content (AvgIpc) is 2.89. The molecular formula is C14H14N2O4S. The van der Waals surface area contributed by atoms with Crippen LogP contribution in [-0.2, 0) is 16.1 Å². The molecule has 0 aliphatic rings. The number of thiazole rings is 1. The number of aliphatic carboxylic acids is 1. The largest absolute Gasteiger partial charge is 0.479 e. The lowest BCUT2D eigenvalue weighted by Crippen LogP contribution is -2.34. The first kappa shape index (κ1) is 15.0. The Kier molecular flexibility index (Phi) is 4.89. The van der Waals surface area contributed by atoms with E-state index in [4.69, 9.17) is 4.74 Å². The topological polar surface area (TPSA) is 88.5 Å². The molecule has 2 rings (SSSR count). The molecule has 7 heteroatoms. The Morgan fingerprint density at radius 3 is 2.67 bits per heavy atom. The summed E-state index contributed by atoms with van der Waals surface area (Å²) in [6, 6.07) is 8.00. The number of hydrogen-bond donors (Lipinski definition) is 2. The van der Waals surface area contributed by atoms with Crippen molar-refractivity contribution >= 4 is 23.4 Å². The van der Waals surface area contributed by atoms with Crippen molar-refractivity contribution in [3.05, 3.63) is 52.0 Å². The summed E-state index contributed by atoms with van der Waals surface area (Å²) in [4.78, 5) is 27.5. The van der Waals surface area contributed by atoms with Crippen LogP contribution >= 0.6 is 11.3 Å². The number of carbonyl (C=O) groups is 2. The number of benzene rings is 1. The van der Waals surface area contributed by atoms with Crippen LogP contribution in [0.15, 0.2) is 35.8 Å². The van der Waals surface area contributed by atoms with Crippen molar-refractivity contribution in [3.63, 3.8) is 0 Å². The van der Waals surface area contributed by atoms with Crippen LogP contribution in [0.25, 0.3) is 0 Å². The number of ether oxygens (including phenoxy) is 1. The quantitative estimate of drug-likeness (QED) is 0.886. The zero-order chi connectivity index (χ0) is 15.2. The first-order valence-corrected chi connectivity index (χ1v) is 7.06. The summed E-state index contributed by atoms with van der Waals surface area (Å²) in [6.45, 7) is 1.78. The van der Waals surface area contributed by atoms with Crippen molar-refractivity contribution in [2.75, 3.05) is 0 Å². The highest BCUT2D eigenvalue weighted by Crippen LogP contribution is 2.22. The van der Waals surface area contributed by atoms with Crippen molar-refractivity contribution in [1.29, 1.82) is 0 Å². The molecule has 1 aromatic carbocycles. The van der Waals surface area contributed by atoms with Crippen LogP contribution in [0.4, 0.5) is 4.79 Å². The molecule has 1 aromatic heterocycles. The van der Waals surface area contributed by atoms with Gasteiger partial charge in [0.25, 0.3) is 0 Å². The third kappa shape index (κ3) is 4.03. The SMILES string of the molecule is Cc1ncsc1C(NC(=O)OCc1ccccc1)C(=O)O. The second-order valence-corrected chi connectivity index (χ2v) is 5.17. The Balaban J connectivity index is 1.96. The van der Waals surface area contributed by atoms with Crippen LogP contribution in [0, 0.1) is 6.92 Å². The highest BCUT2D eigenvalue weighted by molar-refractivity contribution is 7.10. The maximum absolute atomic E-state index is 11.7. The average molecular weight is 306 g/mol. The number of carbonyl (C=O) groups excluding carboxylic acids is 1.